The summed E-state index contributed by atoms with van der Waals surface area (Å²) in [5.41, 5.74) is 8.17. The van der Waals surface area contributed by atoms with Crippen LogP contribution in [-0.4, -0.2) is 28.4 Å². The van der Waals surface area contributed by atoms with Crippen molar-refractivity contribution in [3.8, 4) is 5.75 Å². The van der Waals surface area contributed by atoms with Gasteiger partial charge in [0.1, 0.15) is 18.1 Å². The smallest absolute Gasteiger partial charge is 0.500 e. The Morgan fingerprint density at radius 2 is 2.16 bits per heavy atom. The van der Waals surface area contributed by atoms with Crippen LogP contribution in [0.25, 0.3) is 0 Å². The first-order chi connectivity index (χ1) is 11.1. The monoisotopic (exact) mass is 368 g/mol. The molecule has 0 saturated carbocycles. The predicted molar refractivity (Wildman–Crippen MR) is 95.4 cm³/mol. The van der Waals surface area contributed by atoms with Crippen LogP contribution in [0, 0.1) is 14.0 Å². The van der Waals surface area contributed by atoms with Crippen LogP contribution >= 0.6 is 0 Å². The van der Waals surface area contributed by atoms with E-state index in [-0.39, 0.29) is 70.4 Å². The first-order valence-electron chi connectivity index (χ1n) is 7.12. The van der Waals surface area contributed by atoms with Gasteiger partial charge in [0, 0.05) is 31.5 Å². The average molecular weight is 369 g/mol. The van der Waals surface area contributed by atoms with Crippen molar-refractivity contribution >= 4 is 17.3 Å². The van der Waals surface area contributed by atoms with E-state index in [1.807, 2.05) is 13.1 Å². The normalized spacial score (nSPS) is 10.4. The number of aliphatic imine (C=N–C) groups is 1. The van der Waals surface area contributed by atoms with Gasteiger partial charge in [-0.15, -0.1) is 0 Å². The molecule has 0 fully saturated rings. The minimum atomic E-state index is -0.314. The van der Waals surface area contributed by atoms with Crippen LogP contribution in [0.2, 0.25) is 0 Å². The molecule has 2 aromatic rings. The fourth-order valence-corrected chi connectivity index (χ4v) is 2.07. The van der Waals surface area contributed by atoms with E-state index in [9.17, 15) is 4.79 Å². The second-order valence-corrected chi connectivity index (χ2v) is 4.82. The molecule has 0 unspecified atom stereocenters. The number of ether oxygens (including phenoxy) is 1. The maximum atomic E-state index is 12.0. The summed E-state index contributed by atoms with van der Waals surface area (Å²) in [7, 11) is 3.40. The predicted octanol–water partition coefficient (Wildman–Crippen LogP) is -1.25. The molecule has 1 heterocycles. The number of aromatic nitrogens is 2. The largest absolute Gasteiger partial charge is 1.00 e. The molecule has 1 amide bonds. The van der Waals surface area contributed by atoms with Gasteiger partial charge < -0.3 is 23.2 Å². The van der Waals surface area contributed by atoms with Crippen molar-refractivity contribution in [2.24, 2.45) is 12.0 Å². The number of nitrogens with zero attached hydrogens (tertiary/aromatic N) is 3. The van der Waals surface area contributed by atoms with Gasteiger partial charge in [-0.2, -0.15) is 12.0 Å². The molecule has 1 aromatic heterocycles. The maximum absolute atomic E-state index is 12.0. The van der Waals surface area contributed by atoms with Gasteiger partial charge in [-0.25, -0.2) is 6.54 Å². The molecule has 2 rings (SSSR count). The summed E-state index contributed by atoms with van der Waals surface area (Å²) in [5, 5.41) is 6.69. The fourth-order valence-electron chi connectivity index (χ4n) is 2.07. The van der Waals surface area contributed by atoms with E-state index in [1.165, 1.54) is 0 Å². The van der Waals surface area contributed by atoms with Crippen molar-refractivity contribution in [3.05, 3.63) is 55.7 Å². The Bertz CT molecular complexity index is 728. The molecule has 0 bridgehead atoms. The number of carbonyl (C=O) groups excluding carboxylic acids is 1. The number of carbonyl (C=O) groups is 1. The van der Waals surface area contributed by atoms with Crippen LogP contribution in [0.1, 0.15) is 18.2 Å². The zero-order valence-corrected chi connectivity index (χ0v) is 18.5. The Balaban J connectivity index is 0.00000288. The van der Waals surface area contributed by atoms with Gasteiger partial charge in [-0.1, -0.05) is 0 Å². The SMILES string of the molecule is C[CH-]NC(=O)C(=NC)c1cc(OCc2ccnn2C)ccc1N.[CH3-].[K+]. The Kier molecular flexibility index (Phi) is 10.9. The summed E-state index contributed by atoms with van der Waals surface area (Å²) < 4.78 is 7.49. The molecule has 8 heteroatoms. The molecule has 0 saturated heterocycles. The molecule has 0 radical (unpaired) electrons. The molecule has 130 valence electrons. The van der Waals surface area contributed by atoms with E-state index in [4.69, 9.17) is 10.5 Å². The zero-order chi connectivity index (χ0) is 16.8. The fraction of sp³-hybridized carbons (Fsp3) is 0.235. The van der Waals surface area contributed by atoms with Crippen molar-refractivity contribution < 1.29 is 60.9 Å². The number of anilines is 1. The van der Waals surface area contributed by atoms with Crippen LogP contribution in [-0.2, 0) is 18.4 Å². The van der Waals surface area contributed by atoms with E-state index >= 15 is 0 Å². The van der Waals surface area contributed by atoms with Gasteiger partial charge >= 0.3 is 51.4 Å². The molecule has 0 aliphatic carbocycles. The van der Waals surface area contributed by atoms with Gasteiger partial charge in [-0.05, 0) is 24.3 Å². The van der Waals surface area contributed by atoms with Crippen LogP contribution in [0.3, 0.4) is 0 Å². The summed E-state index contributed by atoms with van der Waals surface area (Å²) in [6, 6.07) is 7.04. The molecule has 7 nitrogen and oxygen atoms in total. The average Bonchev–Trinajstić information content (AvgIpc) is 2.94. The van der Waals surface area contributed by atoms with Crippen molar-refractivity contribution in [2.75, 3.05) is 12.8 Å². The Labute approximate surface area is 191 Å². The first-order valence-corrected chi connectivity index (χ1v) is 7.12. The van der Waals surface area contributed by atoms with Crippen LogP contribution in [0.15, 0.2) is 35.5 Å². The number of hydrogen-bond donors (Lipinski definition) is 2. The molecule has 3 N–H and O–H groups in total. The van der Waals surface area contributed by atoms with Crippen LogP contribution in [0.4, 0.5) is 5.69 Å². The molecule has 1 aromatic carbocycles. The standard InChI is InChI=1S/C16H20N5O2.CH3.K/c1-4-19-16(22)15(18-2)13-9-12(5-6-14(13)17)23-10-11-7-8-20-21(11)3;;/h4-9H,10,17H2,1-3H3,(H,19,22);1H3;/q2*-1;+1. The number of nitrogen functional groups attached to an aromatic ring is 1. The summed E-state index contributed by atoms with van der Waals surface area (Å²) in [6.07, 6.45) is 1.71. The molecular weight excluding hydrogens is 345 g/mol. The third-order valence-corrected chi connectivity index (χ3v) is 3.30. The number of hydrogen-bond acceptors (Lipinski definition) is 5. The van der Waals surface area contributed by atoms with E-state index in [0.717, 1.165) is 5.69 Å². The second kappa shape index (κ2) is 11.4. The molecule has 0 aliphatic heterocycles. The zero-order valence-electron chi connectivity index (χ0n) is 15.4. The molecular formula is C17H23KN5O2-. The van der Waals surface area contributed by atoms with Crippen molar-refractivity contribution in [1.29, 1.82) is 0 Å². The van der Waals surface area contributed by atoms with Crippen LogP contribution < -0.4 is 67.2 Å². The third kappa shape index (κ3) is 6.23. The number of rotatable bonds is 6. The van der Waals surface area contributed by atoms with Crippen molar-refractivity contribution in [1.82, 2.24) is 15.1 Å². The second-order valence-electron chi connectivity index (χ2n) is 4.82. The van der Waals surface area contributed by atoms with Gasteiger partial charge in [0.05, 0.1) is 5.69 Å². The topological polar surface area (TPSA) is 94.5 Å². The van der Waals surface area contributed by atoms with E-state index < -0.39 is 0 Å². The van der Waals surface area contributed by atoms with Gasteiger partial charge in [0.25, 0.3) is 0 Å². The maximum Gasteiger partial charge on any atom is 1.00 e. The molecule has 0 aliphatic rings. The number of nitrogens with two attached hydrogens (primary N) is 1. The number of nitrogens with one attached hydrogen (secondary N) is 1. The summed E-state index contributed by atoms with van der Waals surface area (Å²) in [4.78, 5) is 16.1. The molecule has 0 spiro atoms. The first kappa shape index (κ1) is 23.8. The van der Waals surface area contributed by atoms with Gasteiger partial charge in [0.2, 0.25) is 5.91 Å². The summed E-state index contributed by atoms with van der Waals surface area (Å²) in [5.74, 6) is 0.287. The molecule has 25 heavy (non-hydrogen) atoms. The van der Waals surface area contributed by atoms with Gasteiger partial charge in [-0.3, -0.25) is 14.5 Å². The number of amides is 1. The number of aryl methyl sites for hydroxylation is 1. The van der Waals surface area contributed by atoms with Crippen LogP contribution in [0.5, 0.6) is 5.75 Å². The van der Waals surface area contributed by atoms with E-state index in [2.05, 4.69) is 15.4 Å². The number of benzene rings is 1. The summed E-state index contributed by atoms with van der Waals surface area (Å²) in [6.45, 7) is 3.64. The quantitative estimate of drug-likeness (QED) is 0.288. The third-order valence-electron chi connectivity index (χ3n) is 3.30. The van der Waals surface area contributed by atoms with Crippen molar-refractivity contribution in [3.63, 3.8) is 0 Å². The Morgan fingerprint density at radius 1 is 1.44 bits per heavy atom. The van der Waals surface area contributed by atoms with E-state index in [1.54, 1.807) is 49.6 Å². The van der Waals surface area contributed by atoms with Crippen molar-refractivity contribution in [2.45, 2.75) is 13.5 Å². The summed E-state index contributed by atoms with van der Waals surface area (Å²) >= 11 is 0. The Hall–Kier alpha value is -1.19. The minimum Gasteiger partial charge on any atom is -0.500 e. The minimum absolute atomic E-state index is 0. The Morgan fingerprint density at radius 3 is 2.72 bits per heavy atom. The van der Waals surface area contributed by atoms with E-state index in [0.29, 0.717) is 23.6 Å². The van der Waals surface area contributed by atoms with Gasteiger partial charge in [0.15, 0.2) is 0 Å². The molecule has 0 atom stereocenters.